The van der Waals surface area contributed by atoms with Crippen molar-refractivity contribution < 1.29 is 14.4 Å². The van der Waals surface area contributed by atoms with Crippen molar-refractivity contribution in [2.24, 2.45) is 0 Å². The van der Waals surface area contributed by atoms with Gasteiger partial charge in [-0.15, -0.1) is 0 Å². The molecule has 1 atom stereocenters. The van der Waals surface area contributed by atoms with Crippen molar-refractivity contribution in [2.75, 3.05) is 16.0 Å². The van der Waals surface area contributed by atoms with Gasteiger partial charge in [0.2, 0.25) is 5.91 Å². The van der Waals surface area contributed by atoms with Crippen molar-refractivity contribution in [3.63, 3.8) is 0 Å². The lowest BCUT2D eigenvalue weighted by molar-refractivity contribution is -0.116. The summed E-state index contributed by atoms with van der Waals surface area (Å²) in [6.45, 7) is 1.87. The van der Waals surface area contributed by atoms with Crippen LogP contribution < -0.4 is 21.3 Å². The van der Waals surface area contributed by atoms with Crippen LogP contribution in [0.5, 0.6) is 0 Å². The van der Waals surface area contributed by atoms with Crippen LogP contribution in [0.1, 0.15) is 33.9 Å². The minimum Gasteiger partial charge on any atom is -0.345 e. The van der Waals surface area contributed by atoms with Gasteiger partial charge in [0.25, 0.3) is 5.91 Å². The molecule has 4 aromatic carbocycles. The number of hydrogen-bond donors (Lipinski definition) is 4. The SMILES string of the molecule is Cc1ccc(NC(=O)Nc2ccccc2)cc1NC(=O)CC(NC(=O)c1ccccc1)c1ccccc1. The molecule has 37 heavy (non-hydrogen) atoms. The molecule has 1 unspecified atom stereocenters. The molecule has 7 nitrogen and oxygen atoms in total. The minimum atomic E-state index is -0.521. The van der Waals surface area contributed by atoms with E-state index in [1.165, 1.54) is 0 Å². The number of anilines is 3. The third kappa shape index (κ3) is 7.29. The van der Waals surface area contributed by atoms with Gasteiger partial charge < -0.3 is 21.3 Å². The molecule has 0 saturated carbocycles. The lowest BCUT2D eigenvalue weighted by atomic mass is 10.0. The number of carbonyl (C=O) groups is 3. The van der Waals surface area contributed by atoms with Crippen LogP contribution in [0.25, 0.3) is 0 Å². The first-order chi connectivity index (χ1) is 18.0. The molecular formula is C30H28N4O3. The number of amides is 4. The average Bonchev–Trinajstić information content (AvgIpc) is 2.91. The molecule has 4 amide bonds. The maximum absolute atomic E-state index is 13.1. The Kier molecular flexibility index (Phi) is 8.29. The fourth-order valence-electron chi connectivity index (χ4n) is 3.80. The number of rotatable bonds is 8. The van der Waals surface area contributed by atoms with Gasteiger partial charge in [-0.05, 0) is 54.4 Å². The molecular weight excluding hydrogens is 464 g/mol. The van der Waals surface area contributed by atoms with E-state index in [4.69, 9.17) is 0 Å². The highest BCUT2D eigenvalue weighted by atomic mass is 16.2. The molecule has 0 radical (unpaired) electrons. The zero-order valence-corrected chi connectivity index (χ0v) is 20.4. The zero-order chi connectivity index (χ0) is 26.0. The number of benzene rings is 4. The van der Waals surface area contributed by atoms with E-state index in [2.05, 4.69) is 21.3 Å². The van der Waals surface area contributed by atoms with E-state index in [1.807, 2.05) is 67.6 Å². The van der Waals surface area contributed by atoms with Crippen molar-refractivity contribution in [3.8, 4) is 0 Å². The molecule has 7 heteroatoms. The van der Waals surface area contributed by atoms with Gasteiger partial charge in [-0.25, -0.2) is 4.79 Å². The normalized spacial score (nSPS) is 11.2. The van der Waals surface area contributed by atoms with E-state index in [1.54, 1.807) is 48.5 Å². The molecule has 0 fully saturated rings. The van der Waals surface area contributed by atoms with E-state index < -0.39 is 6.04 Å². The first kappa shape index (κ1) is 25.2. The molecule has 4 aromatic rings. The van der Waals surface area contributed by atoms with Crippen LogP contribution in [0, 0.1) is 6.92 Å². The summed E-state index contributed by atoms with van der Waals surface area (Å²) in [5.74, 6) is -0.523. The molecule has 0 aliphatic heterocycles. The lowest BCUT2D eigenvalue weighted by Gasteiger charge is -2.20. The number of nitrogens with one attached hydrogen (secondary N) is 4. The largest absolute Gasteiger partial charge is 0.345 e. The maximum Gasteiger partial charge on any atom is 0.323 e. The third-order valence-electron chi connectivity index (χ3n) is 5.73. The molecule has 186 valence electrons. The summed E-state index contributed by atoms with van der Waals surface area (Å²) in [6, 6.07) is 31.8. The van der Waals surface area contributed by atoms with E-state index in [0.29, 0.717) is 22.6 Å². The van der Waals surface area contributed by atoms with E-state index in [-0.39, 0.29) is 24.3 Å². The van der Waals surface area contributed by atoms with Crippen molar-refractivity contribution in [3.05, 3.63) is 126 Å². The Morgan fingerprint density at radius 2 is 1.27 bits per heavy atom. The predicted molar refractivity (Wildman–Crippen MR) is 147 cm³/mol. The van der Waals surface area contributed by atoms with Crippen LogP contribution in [0.15, 0.2) is 109 Å². The Balaban J connectivity index is 1.44. The van der Waals surface area contributed by atoms with Crippen LogP contribution in [0.3, 0.4) is 0 Å². The second kappa shape index (κ2) is 12.2. The molecule has 4 N–H and O–H groups in total. The van der Waals surface area contributed by atoms with Crippen LogP contribution in [-0.4, -0.2) is 17.8 Å². The standard InChI is InChI=1S/C30H28N4O3/c1-21-17-18-25(32-30(37)31-24-15-9-4-10-16-24)19-26(21)33-28(35)20-27(22-11-5-2-6-12-22)34-29(36)23-13-7-3-8-14-23/h2-19,27H,20H2,1H3,(H,33,35)(H,34,36)(H2,31,32,37). The molecule has 0 spiro atoms. The Hall–Kier alpha value is -4.91. The van der Waals surface area contributed by atoms with Crippen molar-refractivity contribution >= 4 is 34.9 Å². The van der Waals surface area contributed by atoms with Gasteiger partial charge in [-0.1, -0.05) is 72.8 Å². The van der Waals surface area contributed by atoms with Crippen LogP contribution in [0.2, 0.25) is 0 Å². The zero-order valence-electron chi connectivity index (χ0n) is 20.4. The van der Waals surface area contributed by atoms with Gasteiger partial charge in [0.15, 0.2) is 0 Å². The number of aryl methyl sites for hydroxylation is 1. The second-order valence-corrected chi connectivity index (χ2v) is 8.53. The Bertz CT molecular complexity index is 1360. The molecule has 0 heterocycles. The van der Waals surface area contributed by atoms with Crippen LogP contribution in [-0.2, 0) is 4.79 Å². The quantitative estimate of drug-likeness (QED) is 0.238. The van der Waals surface area contributed by atoms with E-state index >= 15 is 0 Å². The summed E-state index contributed by atoms with van der Waals surface area (Å²) < 4.78 is 0. The minimum absolute atomic E-state index is 0.0359. The van der Waals surface area contributed by atoms with Gasteiger partial charge in [-0.3, -0.25) is 9.59 Å². The fourth-order valence-corrected chi connectivity index (χ4v) is 3.80. The highest BCUT2D eigenvalue weighted by Crippen LogP contribution is 2.23. The summed E-state index contributed by atoms with van der Waals surface area (Å²) in [4.78, 5) is 38.3. The van der Waals surface area contributed by atoms with E-state index in [0.717, 1.165) is 11.1 Å². The Morgan fingerprint density at radius 1 is 0.676 bits per heavy atom. The lowest BCUT2D eigenvalue weighted by Crippen LogP contribution is -2.31. The number of para-hydroxylation sites is 1. The van der Waals surface area contributed by atoms with Crippen LogP contribution in [0.4, 0.5) is 21.9 Å². The van der Waals surface area contributed by atoms with Crippen molar-refractivity contribution in [2.45, 2.75) is 19.4 Å². The number of urea groups is 1. The summed E-state index contributed by atoms with van der Waals surface area (Å²) in [6.07, 6.45) is 0.0359. The first-order valence-corrected chi connectivity index (χ1v) is 11.9. The first-order valence-electron chi connectivity index (χ1n) is 11.9. The number of carbonyl (C=O) groups excluding carboxylic acids is 3. The molecule has 0 aliphatic rings. The van der Waals surface area contributed by atoms with Gasteiger partial charge in [-0.2, -0.15) is 0 Å². The highest BCUT2D eigenvalue weighted by Gasteiger charge is 2.20. The van der Waals surface area contributed by atoms with Crippen LogP contribution >= 0.6 is 0 Å². The summed E-state index contributed by atoms with van der Waals surface area (Å²) in [7, 11) is 0. The molecule has 0 bridgehead atoms. The second-order valence-electron chi connectivity index (χ2n) is 8.53. The molecule has 0 aliphatic carbocycles. The topological polar surface area (TPSA) is 99.3 Å². The van der Waals surface area contributed by atoms with Gasteiger partial charge >= 0.3 is 6.03 Å². The summed E-state index contributed by atoms with van der Waals surface area (Å²) in [5.41, 5.74) is 3.96. The average molecular weight is 493 g/mol. The highest BCUT2D eigenvalue weighted by molar-refractivity contribution is 6.01. The molecule has 0 saturated heterocycles. The monoisotopic (exact) mass is 492 g/mol. The summed E-state index contributed by atoms with van der Waals surface area (Å²) >= 11 is 0. The number of hydrogen-bond acceptors (Lipinski definition) is 3. The van der Waals surface area contributed by atoms with Gasteiger partial charge in [0.05, 0.1) is 12.5 Å². The van der Waals surface area contributed by atoms with Gasteiger partial charge in [0.1, 0.15) is 0 Å². The summed E-state index contributed by atoms with van der Waals surface area (Å²) in [5, 5.41) is 11.4. The smallest absolute Gasteiger partial charge is 0.323 e. The Morgan fingerprint density at radius 3 is 1.95 bits per heavy atom. The molecule has 4 rings (SSSR count). The maximum atomic E-state index is 13.1. The van der Waals surface area contributed by atoms with Crippen molar-refractivity contribution in [1.29, 1.82) is 0 Å². The van der Waals surface area contributed by atoms with Crippen molar-refractivity contribution in [1.82, 2.24) is 5.32 Å². The van der Waals surface area contributed by atoms with E-state index in [9.17, 15) is 14.4 Å². The fraction of sp³-hybridized carbons (Fsp3) is 0.100. The molecule has 0 aromatic heterocycles. The predicted octanol–water partition coefficient (Wildman–Crippen LogP) is 6.14. The van der Waals surface area contributed by atoms with Gasteiger partial charge in [0, 0.05) is 22.6 Å². The third-order valence-corrected chi connectivity index (χ3v) is 5.73. The Labute approximate surface area is 215 Å².